The summed E-state index contributed by atoms with van der Waals surface area (Å²) in [5.41, 5.74) is 2.10. The minimum Gasteiger partial charge on any atom is -0.387 e. The van der Waals surface area contributed by atoms with E-state index in [0.29, 0.717) is 12.1 Å². The van der Waals surface area contributed by atoms with E-state index >= 15 is 0 Å². The Labute approximate surface area is 90.3 Å². The smallest absolute Gasteiger partial charge is 0.129 e. The summed E-state index contributed by atoms with van der Waals surface area (Å²) >= 11 is 0. The van der Waals surface area contributed by atoms with E-state index in [0.717, 1.165) is 11.1 Å². The van der Waals surface area contributed by atoms with Crippen molar-refractivity contribution in [3.63, 3.8) is 0 Å². The Morgan fingerprint density at radius 2 is 1.93 bits per heavy atom. The van der Waals surface area contributed by atoms with Crippen molar-refractivity contribution in [1.82, 2.24) is 4.90 Å². The maximum absolute atomic E-state index is 13.6. The number of aliphatic hydroxyl groups is 1. The number of aliphatic hydroxyl groups excluding tert-OH is 1. The molecule has 1 aromatic carbocycles. The third kappa shape index (κ3) is 3.01. The second kappa shape index (κ2) is 4.73. The van der Waals surface area contributed by atoms with Gasteiger partial charge in [-0.1, -0.05) is 6.07 Å². The molecule has 0 heterocycles. The summed E-state index contributed by atoms with van der Waals surface area (Å²) in [5, 5.41) is 9.86. The van der Waals surface area contributed by atoms with Gasteiger partial charge < -0.3 is 10.0 Å². The third-order valence-electron chi connectivity index (χ3n) is 2.35. The maximum atomic E-state index is 13.6. The zero-order chi connectivity index (χ0) is 11.6. The van der Waals surface area contributed by atoms with Crippen LogP contribution in [-0.2, 0) is 0 Å². The van der Waals surface area contributed by atoms with Crippen LogP contribution in [0.5, 0.6) is 0 Å². The molecule has 0 saturated heterocycles. The second-order valence-corrected chi connectivity index (χ2v) is 4.26. The van der Waals surface area contributed by atoms with Gasteiger partial charge in [-0.25, -0.2) is 4.39 Å². The normalized spacial score (nSPS) is 13.3. The lowest BCUT2D eigenvalue weighted by atomic mass is 10.00. The lowest BCUT2D eigenvalue weighted by Gasteiger charge is -2.19. The highest BCUT2D eigenvalue weighted by atomic mass is 19.1. The van der Waals surface area contributed by atoms with Crippen LogP contribution in [0.15, 0.2) is 12.1 Å². The largest absolute Gasteiger partial charge is 0.387 e. The zero-order valence-corrected chi connectivity index (χ0v) is 9.71. The Morgan fingerprint density at radius 1 is 1.33 bits per heavy atom. The van der Waals surface area contributed by atoms with Crippen molar-refractivity contribution in [2.75, 3.05) is 20.6 Å². The fourth-order valence-corrected chi connectivity index (χ4v) is 1.79. The van der Waals surface area contributed by atoms with Gasteiger partial charge in [0.1, 0.15) is 5.82 Å². The minimum atomic E-state index is -0.763. The fraction of sp³-hybridized carbons (Fsp3) is 0.500. The molecular formula is C12H18FNO. The maximum Gasteiger partial charge on any atom is 0.129 e. The number of aryl methyl sites for hydroxylation is 2. The van der Waals surface area contributed by atoms with Crippen LogP contribution >= 0.6 is 0 Å². The molecule has 0 aliphatic carbocycles. The summed E-state index contributed by atoms with van der Waals surface area (Å²) in [7, 11) is 3.70. The van der Waals surface area contributed by atoms with Crippen molar-refractivity contribution in [1.29, 1.82) is 0 Å². The van der Waals surface area contributed by atoms with Crippen LogP contribution in [0.3, 0.4) is 0 Å². The van der Waals surface area contributed by atoms with Gasteiger partial charge in [-0.15, -0.1) is 0 Å². The van der Waals surface area contributed by atoms with Gasteiger partial charge in [0.2, 0.25) is 0 Å². The average molecular weight is 211 g/mol. The Kier molecular flexibility index (Phi) is 3.83. The number of hydrogen-bond donors (Lipinski definition) is 1. The predicted molar refractivity (Wildman–Crippen MR) is 59.4 cm³/mol. The first-order valence-corrected chi connectivity index (χ1v) is 5.01. The monoisotopic (exact) mass is 211 g/mol. The lowest BCUT2D eigenvalue weighted by molar-refractivity contribution is 0.134. The Morgan fingerprint density at radius 3 is 2.40 bits per heavy atom. The molecule has 1 N–H and O–H groups in total. The van der Waals surface area contributed by atoms with Gasteiger partial charge in [0.25, 0.3) is 0 Å². The molecule has 1 unspecified atom stereocenters. The summed E-state index contributed by atoms with van der Waals surface area (Å²) in [6.07, 6.45) is -0.763. The Hall–Kier alpha value is -0.930. The molecule has 0 radical (unpaired) electrons. The second-order valence-electron chi connectivity index (χ2n) is 4.26. The predicted octanol–water partition coefficient (Wildman–Crippen LogP) is 2.04. The highest BCUT2D eigenvalue weighted by Crippen LogP contribution is 2.23. The van der Waals surface area contributed by atoms with Crippen molar-refractivity contribution in [2.45, 2.75) is 20.0 Å². The number of hydrogen-bond acceptors (Lipinski definition) is 2. The zero-order valence-electron chi connectivity index (χ0n) is 9.71. The summed E-state index contributed by atoms with van der Waals surface area (Å²) in [6.45, 7) is 4.10. The van der Waals surface area contributed by atoms with Gasteiger partial charge in [-0.05, 0) is 45.1 Å². The molecule has 1 atom stereocenters. The van der Waals surface area contributed by atoms with Crippen molar-refractivity contribution in [3.8, 4) is 0 Å². The molecule has 1 rings (SSSR count). The summed E-state index contributed by atoms with van der Waals surface area (Å²) in [4.78, 5) is 1.84. The van der Waals surface area contributed by atoms with Gasteiger partial charge >= 0.3 is 0 Å². The molecular weight excluding hydrogens is 193 g/mol. The van der Waals surface area contributed by atoms with Gasteiger partial charge in [-0.2, -0.15) is 0 Å². The van der Waals surface area contributed by atoms with Crippen LogP contribution in [0, 0.1) is 19.7 Å². The first kappa shape index (κ1) is 12.1. The van der Waals surface area contributed by atoms with E-state index in [4.69, 9.17) is 0 Å². The third-order valence-corrected chi connectivity index (χ3v) is 2.35. The molecule has 0 aromatic heterocycles. The minimum absolute atomic E-state index is 0.318. The highest BCUT2D eigenvalue weighted by molar-refractivity contribution is 5.33. The molecule has 2 nitrogen and oxygen atoms in total. The van der Waals surface area contributed by atoms with Gasteiger partial charge in [0, 0.05) is 12.1 Å². The number of benzene rings is 1. The number of nitrogens with zero attached hydrogens (tertiary/aromatic N) is 1. The Bertz CT molecular complexity index is 326. The van der Waals surface area contributed by atoms with Gasteiger partial charge in [-0.3, -0.25) is 0 Å². The van der Waals surface area contributed by atoms with Crippen LogP contribution in [0.25, 0.3) is 0 Å². The van der Waals surface area contributed by atoms with Crippen molar-refractivity contribution in [3.05, 3.63) is 34.6 Å². The molecule has 0 aliphatic rings. The van der Waals surface area contributed by atoms with Crippen molar-refractivity contribution >= 4 is 0 Å². The van der Waals surface area contributed by atoms with E-state index in [-0.39, 0.29) is 5.82 Å². The molecule has 0 fully saturated rings. The molecule has 1 aromatic rings. The van der Waals surface area contributed by atoms with E-state index < -0.39 is 6.10 Å². The topological polar surface area (TPSA) is 23.5 Å². The molecule has 0 aliphatic heterocycles. The summed E-state index contributed by atoms with van der Waals surface area (Å²) in [6, 6.07) is 3.35. The number of likely N-dealkylation sites (N-methyl/N-ethyl adjacent to an activating group) is 1. The van der Waals surface area contributed by atoms with Crippen LogP contribution in [0.4, 0.5) is 4.39 Å². The van der Waals surface area contributed by atoms with E-state index in [1.165, 1.54) is 6.07 Å². The van der Waals surface area contributed by atoms with Crippen molar-refractivity contribution in [2.24, 2.45) is 0 Å². The van der Waals surface area contributed by atoms with Crippen LogP contribution < -0.4 is 0 Å². The van der Waals surface area contributed by atoms with Crippen LogP contribution in [0.2, 0.25) is 0 Å². The van der Waals surface area contributed by atoms with E-state index in [9.17, 15) is 9.50 Å². The molecule has 0 bridgehead atoms. The molecule has 84 valence electrons. The van der Waals surface area contributed by atoms with Crippen molar-refractivity contribution < 1.29 is 9.50 Å². The average Bonchev–Trinajstić information content (AvgIpc) is 1.99. The Balaban J connectivity index is 3.03. The first-order chi connectivity index (χ1) is 6.91. The van der Waals surface area contributed by atoms with Gasteiger partial charge in [0.05, 0.1) is 6.10 Å². The molecule has 0 saturated carbocycles. The fourth-order valence-electron chi connectivity index (χ4n) is 1.79. The SMILES string of the molecule is Cc1cc(C)c(C(O)CN(C)C)c(F)c1. The number of halogens is 1. The van der Waals surface area contributed by atoms with Crippen LogP contribution in [-0.4, -0.2) is 30.6 Å². The lowest BCUT2D eigenvalue weighted by Crippen LogP contribution is -2.21. The highest BCUT2D eigenvalue weighted by Gasteiger charge is 2.16. The molecule has 15 heavy (non-hydrogen) atoms. The molecule has 3 heteroatoms. The van der Waals surface area contributed by atoms with E-state index in [1.54, 1.807) is 0 Å². The quantitative estimate of drug-likeness (QED) is 0.827. The van der Waals surface area contributed by atoms with Crippen LogP contribution in [0.1, 0.15) is 22.8 Å². The first-order valence-electron chi connectivity index (χ1n) is 5.01. The van der Waals surface area contributed by atoms with E-state index in [1.807, 2.05) is 38.9 Å². The molecule has 0 spiro atoms. The number of rotatable bonds is 3. The standard InChI is InChI=1S/C12H18FNO/c1-8-5-9(2)12(10(13)6-8)11(15)7-14(3)4/h5-6,11,15H,7H2,1-4H3. The van der Waals surface area contributed by atoms with E-state index in [2.05, 4.69) is 0 Å². The molecule has 0 amide bonds. The summed E-state index contributed by atoms with van der Waals surface area (Å²) < 4.78 is 13.6. The summed E-state index contributed by atoms with van der Waals surface area (Å²) in [5.74, 6) is -0.318. The van der Waals surface area contributed by atoms with Gasteiger partial charge in [0.15, 0.2) is 0 Å².